The summed E-state index contributed by atoms with van der Waals surface area (Å²) in [7, 11) is -3.73. The van der Waals surface area contributed by atoms with Crippen molar-refractivity contribution in [2.45, 2.75) is 18.7 Å². The standard InChI is InChI=1S/C22H21ClN2O4S/c1-15-6-3-4-8-20(15)25-30(27,28)18-12-10-17(11-13-18)29-14-22(26)24-21-9-5-7-19(23)16(21)2/h3-13,25H,14H2,1-2H3,(H,24,26). The summed E-state index contributed by atoms with van der Waals surface area (Å²) < 4.78 is 33.2. The Balaban J connectivity index is 1.61. The molecule has 30 heavy (non-hydrogen) atoms. The summed E-state index contributed by atoms with van der Waals surface area (Å²) in [5, 5.41) is 3.30. The van der Waals surface area contributed by atoms with E-state index >= 15 is 0 Å². The number of amides is 1. The Morgan fingerprint density at radius 2 is 1.60 bits per heavy atom. The van der Waals surface area contributed by atoms with Crippen LogP contribution >= 0.6 is 11.6 Å². The highest BCUT2D eigenvalue weighted by Crippen LogP contribution is 2.23. The first kappa shape index (κ1) is 21.7. The average Bonchev–Trinajstić information content (AvgIpc) is 2.72. The third-order valence-corrected chi connectivity index (χ3v) is 6.23. The molecule has 0 saturated carbocycles. The van der Waals surface area contributed by atoms with Crippen molar-refractivity contribution < 1.29 is 17.9 Å². The third-order valence-electron chi connectivity index (χ3n) is 4.44. The molecule has 0 aliphatic carbocycles. The van der Waals surface area contributed by atoms with Crippen LogP contribution in [0.15, 0.2) is 71.6 Å². The van der Waals surface area contributed by atoms with Crippen LogP contribution in [0.25, 0.3) is 0 Å². The summed E-state index contributed by atoms with van der Waals surface area (Å²) in [5.74, 6) is 0.0288. The zero-order valence-corrected chi connectivity index (χ0v) is 18.0. The molecule has 0 heterocycles. The summed E-state index contributed by atoms with van der Waals surface area (Å²) in [6.07, 6.45) is 0. The van der Waals surface area contributed by atoms with Gasteiger partial charge >= 0.3 is 0 Å². The van der Waals surface area contributed by atoms with E-state index in [0.717, 1.165) is 11.1 Å². The van der Waals surface area contributed by atoms with Crippen LogP contribution in [0, 0.1) is 13.8 Å². The van der Waals surface area contributed by atoms with Gasteiger partial charge in [-0.15, -0.1) is 0 Å². The molecule has 0 unspecified atom stereocenters. The summed E-state index contributed by atoms with van der Waals surface area (Å²) in [4.78, 5) is 12.2. The monoisotopic (exact) mass is 444 g/mol. The van der Waals surface area contributed by atoms with Crippen LogP contribution in [0.1, 0.15) is 11.1 Å². The van der Waals surface area contributed by atoms with Gasteiger partial charge in [0.15, 0.2) is 6.61 Å². The molecule has 0 aromatic heterocycles. The molecule has 156 valence electrons. The van der Waals surface area contributed by atoms with Gasteiger partial charge in [0.2, 0.25) is 0 Å². The number of carbonyl (C=O) groups is 1. The maximum Gasteiger partial charge on any atom is 0.262 e. The van der Waals surface area contributed by atoms with Crippen molar-refractivity contribution in [3.8, 4) is 5.75 Å². The van der Waals surface area contributed by atoms with Crippen LogP contribution in [0.2, 0.25) is 5.02 Å². The first-order valence-corrected chi connectivity index (χ1v) is 11.0. The molecule has 3 rings (SSSR count). The number of hydrogen-bond acceptors (Lipinski definition) is 4. The summed E-state index contributed by atoms with van der Waals surface area (Å²) >= 11 is 6.04. The Bertz CT molecular complexity index is 1160. The van der Waals surface area contributed by atoms with E-state index in [1.807, 2.05) is 26.0 Å². The molecular weight excluding hydrogens is 424 g/mol. The van der Waals surface area contributed by atoms with Crippen LogP contribution < -0.4 is 14.8 Å². The van der Waals surface area contributed by atoms with Gasteiger partial charge in [0, 0.05) is 10.7 Å². The second-order valence-corrected chi connectivity index (χ2v) is 8.73. The number of benzene rings is 3. The average molecular weight is 445 g/mol. The maximum absolute atomic E-state index is 12.6. The molecule has 8 heteroatoms. The molecular formula is C22H21ClN2O4S. The number of aryl methyl sites for hydroxylation is 1. The third kappa shape index (κ3) is 5.31. The van der Waals surface area contributed by atoms with Gasteiger partial charge in [-0.3, -0.25) is 9.52 Å². The highest BCUT2D eigenvalue weighted by molar-refractivity contribution is 7.92. The Labute approximate surface area is 180 Å². The topological polar surface area (TPSA) is 84.5 Å². The normalized spacial score (nSPS) is 11.0. The van der Waals surface area contributed by atoms with E-state index in [4.69, 9.17) is 16.3 Å². The summed E-state index contributed by atoms with van der Waals surface area (Å²) in [6, 6.07) is 18.2. The number of halogens is 1. The minimum absolute atomic E-state index is 0.0945. The van der Waals surface area contributed by atoms with Crippen molar-refractivity contribution in [3.63, 3.8) is 0 Å². The molecule has 1 amide bonds. The van der Waals surface area contributed by atoms with Crippen LogP contribution in [0.5, 0.6) is 5.75 Å². The second-order valence-electron chi connectivity index (χ2n) is 6.64. The number of anilines is 2. The predicted octanol–water partition coefficient (Wildman–Crippen LogP) is 4.78. The molecule has 0 spiro atoms. The Morgan fingerprint density at radius 3 is 2.30 bits per heavy atom. The van der Waals surface area contributed by atoms with Crippen LogP contribution in [-0.2, 0) is 14.8 Å². The number of sulfonamides is 1. The lowest BCUT2D eigenvalue weighted by Gasteiger charge is -2.12. The molecule has 0 aliphatic rings. The van der Waals surface area contributed by atoms with Crippen molar-refractivity contribution >= 4 is 38.9 Å². The first-order chi connectivity index (χ1) is 14.3. The van der Waals surface area contributed by atoms with Crippen molar-refractivity contribution in [3.05, 3.63) is 82.9 Å². The molecule has 0 fully saturated rings. The largest absolute Gasteiger partial charge is 0.484 e. The van der Waals surface area contributed by atoms with Crippen molar-refractivity contribution in [2.24, 2.45) is 0 Å². The van der Waals surface area contributed by atoms with Gasteiger partial charge in [-0.05, 0) is 67.4 Å². The van der Waals surface area contributed by atoms with Gasteiger partial charge in [0.1, 0.15) is 5.75 Å². The number of para-hydroxylation sites is 1. The number of hydrogen-bond donors (Lipinski definition) is 2. The zero-order chi connectivity index (χ0) is 21.7. The van der Waals surface area contributed by atoms with Gasteiger partial charge in [-0.25, -0.2) is 8.42 Å². The lowest BCUT2D eigenvalue weighted by molar-refractivity contribution is -0.118. The van der Waals surface area contributed by atoms with E-state index in [2.05, 4.69) is 10.0 Å². The van der Waals surface area contributed by atoms with Gasteiger partial charge in [0.05, 0.1) is 10.6 Å². The Kier molecular flexibility index (Phi) is 6.64. The minimum atomic E-state index is -3.73. The molecule has 3 aromatic carbocycles. The van der Waals surface area contributed by atoms with Crippen LogP contribution in [0.4, 0.5) is 11.4 Å². The molecule has 0 radical (unpaired) electrons. The fraction of sp³-hybridized carbons (Fsp3) is 0.136. The van der Waals surface area contributed by atoms with Crippen LogP contribution in [-0.4, -0.2) is 20.9 Å². The van der Waals surface area contributed by atoms with Crippen LogP contribution in [0.3, 0.4) is 0 Å². The molecule has 0 bridgehead atoms. The molecule has 0 atom stereocenters. The number of nitrogens with one attached hydrogen (secondary N) is 2. The lowest BCUT2D eigenvalue weighted by Crippen LogP contribution is -2.20. The van der Waals surface area contributed by atoms with E-state index in [0.29, 0.717) is 22.1 Å². The molecule has 2 N–H and O–H groups in total. The van der Waals surface area contributed by atoms with E-state index in [1.54, 1.807) is 30.3 Å². The van der Waals surface area contributed by atoms with E-state index in [1.165, 1.54) is 24.3 Å². The van der Waals surface area contributed by atoms with E-state index < -0.39 is 10.0 Å². The molecule has 6 nitrogen and oxygen atoms in total. The SMILES string of the molecule is Cc1ccccc1NS(=O)(=O)c1ccc(OCC(=O)Nc2cccc(Cl)c2C)cc1. The zero-order valence-electron chi connectivity index (χ0n) is 16.5. The van der Waals surface area contributed by atoms with E-state index in [-0.39, 0.29) is 17.4 Å². The van der Waals surface area contributed by atoms with Gasteiger partial charge < -0.3 is 10.1 Å². The summed E-state index contributed by atoms with van der Waals surface area (Å²) in [5.41, 5.74) is 2.72. The smallest absolute Gasteiger partial charge is 0.262 e. The maximum atomic E-state index is 12.6. The van der Waals surface area contributed by atoms with Gasteiger partial charge in [-0.2, -0.15) is 0 Å². The molecule has 0 aliphatic heterocycles. The van der Waals surface area contributed by atoms with Crippen molar-refractivity contribution in [1.82, 2.24) is 0 Å². The molecule has 3 aromatic rings. The number of carbonyl (C=O) groups excluding carboxylic acids is 1. The fourth-order valence-electron chi connectivity index (χ4n) is 2.68. The predicted molar refractivity (Wildman–Crippen MR) is 119 cm³/mol. The second kappa shape index (κ2) is 9.19. The van der Waals surface area contributed by atoms with Crippen molar-refractivity contribution in [2.75, 3.05) is 16.6 Å². The Hall–Kier alpha value is -3.03. The molecule has 0 saturated heterocycles. The first-order valence-electron chi connectivity index (χ1n) is 9.12. The van der Waals surface area contributed by atoms with E-state index in [9.17, 15) is 13.2 Å². The Morgan fingerprint density at radius 1 is 0.933 bits per heavy atom. The lowest BCUT2D eigenvalue weighted by atomic mass is 10.2. The van der Waals surface area contributed by atoms with Gasteiger partial charge in [0.25, 0.3) is 15.9 Å². The minimum Gasteiger partial charge on any atom is -0.484 e. The summed E-state index contributed by atoms with van der Waals surface area (Å²) in [6.45, 7) is 3.41. The van der Waals surface area contributed by atoms with Gasteiger partial charge in [-0.1, -0.05) is 35.9 Å². The number of ether oxygens (including phenoxy) is 1. The highest BCUT2D eigenvalue weighted by atomic mass is 35.5. The van der Waals surface area contributed by atoms with Crippen molar-refractivity contribution in [1.29, 1.82) is 0 Å². The fourth-order valence-corrected chi connectivity index (χ4v) is 3.99. The highest BCUT2D eigenvalue weighted by Gasteiger charge is 2.15. The number of rotatable bonds is 7. The quantitative estimate of drug-likeness (QED) is 0.549.